The van der Waals surface area contributed by atoms with Gasteiger partial charge in [-0.2, -0.15) is 0 Å². The van der Waals surface area contributed by atoms with E-state index >= 15 is 0 Å². The third-order valence-corrected chi connectivity index (χ3v) is 1.70. The van der Waals surface area contributed by atoms with E-state index in [1.807, 2.05) is 0 Å². The Labute approximate surface area is 132 Å². The predicted octanol–water partition coefficient (Wildman–Crippen LogP) is -6.09. The first kappa shape index (κ1) is 18.3. The molecule has 0 spiro atoms. The second-order valence-corrected chi connectivity index (χ2v) is 3.27. The van der Waals surface area contributed by atoms with Gasteiger partial charge in [-0.25, -0.2) is 0 Å². The standard InChI is InChI=1S/C7H9O5P.2Na/c1-11-6-4-2-3-5-7(6)12-13(8,9)10;;/h2-5H,1H3,(H2,8,9,10);;/q;2*+1/p-2. The first-order valence-corrected chi connectivity index (χ1v) is 4.83. The smallest absolute Gasteiger partial charge is 0.780 e. The van der Waals surface area contributed by atoms with Crippen LogP contribution in [0.3, 0.4) is 0 Å². The van der Waals surface area contributed by atoms with Crippen molar-refractivity contribution in [1.82, 2.24) is 0 Å². The van der Waals surface area contributed by atoms with Gasteiger partial charge >= 0.3 is 59.1 Å². The van der Waals surface area contributed by atoms with Gasteiger partial charge in [0.25, 0.3) is 0 Å². The fourth-order valence-electron chi connectivity index (χ4n) is 0.815. The SMILES string of the molecule is COc1ccccc1OP(=O)([O-])[O-].[Na+].[Na+]. The monoisotopic (exact) mass is 248 g/mol. The van der Waals surface area contributed by atoms with Crippen LogP contribution < -0.4 is 78.2 Å². The molecule has 15 heavy (non-hydrogen) atoms. The van der Waals surface area contributed by atoms with Gasteiger partial charge in [0, 0.05) is 0 Å². The van der Waals surface area contributed by atoms with Crippen LogP contribution in [-0.2, 0) is 4.57 Å². The number of ether oxygens (including phenoxy) is 1. The molecule has 1 rings (SSSR count). The van der Waals surface area contributed by atoms with Gasteiger partial charge in [-0.3, -0.25) is 0 Å². The molecule has 0 fully saturated rings. The van der Waals surface area contributed by atoms with E-state index in [-0.39, 0.29) is 70.6 Å². The summed E-state index contributed by atoms with van der Waals surface area (Å²) in [4.78, 5) is 20.5. The fourth-order valence-corrected chi connectivity index (χ4v) is 1.21. The van der Waals surface area contributed by atoms with Gasteiger partial charge < -0.3 is 23.6 Å². The van der Waals surface area contributed by atoms with E-state index in [4.69, 9.17) is 4.74 Å². The predicted molar refractivity (Wildman–Crippen MR) is 41.2 cm³/mol. The Balaban J connectivity index is 0. The summed E-state index contributed by atoms with van der Waals surface area (Å²) in [5.74, 6) is 0.104. The number of methoxy groups -OCH3 is 1. The summed E-state index contributed by atoms with van der Waals surface area (Å²) in [5.41, 5.74) is 0. The molecule has 0 N–H and O–H groups in total. The average Bonchev–Trinajstić information content (AvgIpc) is 2.02. The van der Waals surface area contributed by atoms with Gasteiger partial charge in [0.05, 0.1) is 7.11 Å². The maximum atomic E-state index is 10.3. The normalized spacial score (nSPS) is 9.53. The number of hydrogen-bond acceptors (Lipinski definition) is 5. The average molecular weight is 248 g/mol. The summed E-state index contributed by atoms with van der Waals surface area (Å²) in [6, 6.07) is 5.99. The van der Waals surface area contributed by atoms with E-state index in [1.165, 1.54) is 25.3 Å². The summed E-state index contributed by atoms with van der Waals surface area (Å²) in [7, 11) is -3.66. The van der Waals surface area contributed by atoms with Crippen LogP contribution >= 0.6 is 7.82 Å². The molecule has 8 heteroatoms. The van der Waals surface area contributed by atoms with E-state index in [0.29, 0.717) is 0 Å². The Hall–Kier alpha value is 0.970. The largest absolute Gasteiger partial charge is 1.00 e. The van der Waals surface area contributed by atoms with Crippen molar-refractivity contribution in [2.24, 2.45) is 0 Å². The molecule has 0 saturated heterocycles. The maximum absolute atomic E-state index is 10.3. The van der Waals surface area contributed by atoms with Crippen LogP contribution in [0.5, 0.6) is 11.5 Å². The van der Waals surface area contributed by atoms with Crippen molar-refractivity contribution >= 4 is 7.82 Å². The number of phosphoric ester groups is 1. The molecule has 5 nitrogen and oxygen atoms in total. The van der Waals surface area contributed by atoms with Gasteiger partial charge in [0.1, 0.15) is 7.82 Å². The van der Waals surface area contributed by atoms with Crippen LogP contribution in [0, 0.1) is 0 Å². The van der Waals surface area contributed by atoms with E-state index in [2.05, 4.69) is 4.52 Å². The van der Waals surface area contributed by atoms with Crippen LogP contribution in [0.2, 0.25) is 0 Å². The summed E-state index contributed by atoms with van der Waals surface area (Å²) >= 11 is 0. The van der Waals surface area contributed by atoms with E-state index in [1.54, 1.807) is 6.07 Å². The first-order valence-electron chi connectivity index (χ1n) is 3.37. The summed E-state index contributed by atoms with van der Waals surface area (Å²) in [6.07, 6.45) is 0. The molecular formula is C7H7Na2O5P. The molecule has 72 valence electrons. The van der Waals surface area contributed by atoms with Crippen molar-refractivity contribution in [2.75, 3.05) is 7.11 Å². The quantitative estimate of drug-likeness (QED) is 0.393. The molecule has 0 atom stereocenters. The second-order valence-electron chi connectivity index (χ2n) is 2.19. The molecule has 0 saturated carbocycles. The van der Waals surface area contributed by atoms with Crippen molar-refractivity contribution in [3.63, 3.8) is 0 Å². The summed E-state index contributed by atoms with van der Waals surface area (Å²) in [5, 5.41) is 0. The molecule has 0 aliphatic rings. The van der Waals surface area contributed by atoms with E-state index < -0.39 is 7.82 Å². The van der Waals surface area contributed by atoms with Gasteiger partial charge in [-0.15, -0.1) is 0 Å². The van der Waals surface area contributed by atoms with Crippen molar-refractivity contribution in [3.05, 3.63) is 24.3 Å². The van der Waals surface area contributed by atoms with Crippen LogP contribution in [0.25, 0.3) is 0 Å². The van der Waals surface area contributed by atoms with Crippen LogP contribution in [0.4, 0.5) is 0 Å². The van der Waals surface area contributed by atoms with Gasteiger partial charge in [0.15, 0.2) is 11.5 Å². The number of benzene rings is 1. The Bertz CT molecular complexity index is 340. The minimum atomic E-state index is -5.01. The molecular weight excluding hydrogens is 241 g/mol. The molecule has 0 unspecified atom stereocenters. The topological polar surface area (TPSA) is 81.7 Å². The molecule has 0 aliphatic heterocycles. The minimum absolute atomic E-state index is 0. The van der Waals surface area contributed by atoms with Crippen LogP contribution in [0.15, 0.2) is 24.3 Å². The maximum Gasteiger partial charge on any atom is 1.00 e. The van der Waals surface area contributed by atoms with Gasteiger partial charge in [0.2, 0.25) is 0 Å². The summed E-state index contributed by atoms with van der Waals surface area (Å²) in [6.45, 7) is 0. The first-order chi connectivity index (χ1) is 6.03. The number of rotatable bonds is 3. The van der Waals surface area contributed by atoms with Crippen molar-refractivity contribution in [1.29, 1.82) is 0 Å². The van der Waals surface area contributed by atoms with Gasteiger partial charge in [-0.1, -0.05) is 12.1 Å². The molecule has 0 heterocycles. The number of para-hydroxylation sites is 2. The molecule has 0 aliphatic carbocycles. The van der Waals surface area contributed by atoms with Crippen molar-refractivity contribution in [3.8, 4) is 11.5 Å². The Morgan fingerprint density at radius 3 is 2.00 bits per heavy atom. The molecule has 1 aromatic carbocycles. The minimum Gasteiger partial charge on any atom is -0.780 e. The fraction of sp³-hybridized carbons (Fsp3) is 0.143. The molecule has 0 amide bonds. The molecule has 0 aromatic heterocycles. The number of hydrogen-bond donors (Lipinski definition) is 0. The van der Waals surface area contributed by atoms with Crippen molar-refractivity contribution < 1.29 is 82.7 Å². The second kappa shape index (κ2) is 8.12. The Kier molecular flexibility index (Phi) is 9.93. The van der Waals surface area contributed by atoms with E-state index in [0.717, 1.165) is 0 Å². The third-order valence-electron chi connectivity index (χ3n) is 1.28. The van der Waals surface area contributed by atoms with Crippen molar-refractivity contribution in [2.45, 2.75) is 0 Å². The van der Waals surface area contributed by atoms with Crippen LogP contribution in [-0.4, -0.2) is 7.11 Å². The number of phosphoric acid groups is 1. The Morgan fingerprint density at radius 1 is 1.13 bits per heavy atom. The zero-order valence-corrected chi connectivity index (χ0v) is 13.7. The zero-order chi connectivity index (χ0) is 9.90. The molecule has 1 aromatic rings. The summed E-state index contributed by atoms with van der Waals surface area (Å²) < 4.78 is 19.2. The third kappa shape index (κ3) is 7.00. The zero-order valence-electron chi connectivity index (χ0n) is 8.80. The van der Waals surface area contributed by atoms with Gasteiger partial charge in [-0.05, 0) is 12.1 Å². The Morgan fingerprint density at radius 2 is 1.60 bits per heavy atom. The molecule has 0 bridgehead atoms. The molecule has 0 radical (unpaired) electrons. The van der Waals surface area contributed by atoms with E-state index in [9.17, 15) is 14.4 Å². The van der Waals surface area contributed by atoms with Crippen LogP contribution in [0.1, 0.15) is 0 Å².